The lowest BCUT2D eigenvalue weighted by atomic mass is 9.95. The van der Waals surface area contributed by atoms with E-state index in [0.717, 1.165) is 30.9 Å². The molecule has 3 aromatic heterocycles. The molecular formula is C24H22BrN7O3S. The van der Waals surface area contributed by atoms with Crippen LogP contribution in [0.1, 0.15) is 29.4 Å². The zero-order valence-electron chi connectivity index (χ0n) is 19.1. The molecule has 0 bridgehead atoms. The summed E-state index contributed by atoms with van der Waals surface area (Å²) in [6.45, 7) is 1.64. The van der Waals surface area contributed by atoms with Crippen molar-refractivity contribution in [1.29, 1.82) is 0 Å². The molecule has 4 heterocycles. The SMILES string of the molecule is Cc1nc2ccc(-n3ncnc3C3CC(n4cc(-c5ccc(Br)cc5)nn4)C(O)C(CO)O3)cc2s1. The minimum absolute atomic E-state index is 0.345. The highest BCUT2D eigenvalue weighted by Crippen LogP contribution is 2.38. The second-order valence-corrected chi connectivity index (χ2v) is 10.8. The predicted molar refractivity (Wildman–Crippen MR) is 137 cm³/mol. The number of halogens is 1. The highest BCUT2D eigenvalue weighted by Gasteiger charge is 2.41. The lowest BCUT2D eigenvalue weighted by Gasteiger charge is -2.38. The van der Waals surface area contributed by atoms with Crippen LogP contribution in [0.4, 0.5) is 0 Å². The normalized spacial score (nSPS) is 22.3. The maximum absolute atomic E-state index is 11.0. The first-order valence-corrected chi connectivity index (χ1v) is 13.0. The molecule has 6 rings (SSSR count). The van der Waals surface area contributed by atoms with Crippen LogP contribution in [0.5, 0.6) is 0 Å². The van der Waals surface area contributed by atoms with Gasteiger partial charge in [0.25, 0.3) is 0 Å². The van der Waals surface area contributed by atoms with E-state index >= 15 is 0 Å². The van der Waals surface area contributed by atoms with Crippen molar-refractivity contribution in [3.8, 4) is 16.9 Å². The van der Waals surface area contributed by atoms with Gasteiger partial charge in [0.2, 0.25) is 0 Å². The van der Waals surface area contributed by atoms with Gasteiger partial charge in [-0.05, 0) is 37.3 Å². The highest BCUT2D eigenvalue weighted by atomic mass is 79.9. The summed E-state index contributed by atoms with van der Waals surface area (Å²) in [5.41, 5.74) is 3.38. The van der Waals surface area contributed by atoms with E-state index in [0.29, 0.717) is 17.9 Å². The summed E-state index contributed by atoms with van der Waals surface area (Å²) in [5, 5.41) is 35.0. The van der Waals surface area contributed by atoms with E-state index in [1.54, 1.807) is 26.9 Å². The summed E-state index contributed by atoms with van der Waals surface area (Å²) in [6, 6.07) is 13.2. The summed E-state index contributed by atoms with van der Waals surface area (Å²) in [6.07, 6.45) is 1.34. The topological polar surface area (TPSA) is 124 Å². The monoisotopic (exact) mass is 567 g/mol. The third-order valence-electron chi connectivity index (χ3n) is 6.33. The van der Waals surface area contributed by atoms with Crippen LogP contribution in [0.3, 0.4) is 0 Å². The Balaban J connectivity index is 1.32. The lowest BCUT2D eigenvalue weighted by Crippen LogP contribution is -2.45. The molecule has 1 fully saturated rings. The second kappa shape index (κ2) is 9.45. The maximum atomic E-state index is 11.0. The van der Waals surface area contributed by atoms with Gasteiger partial charge in [0, 0.05) is 16.5 Å². The van der Waals surface area contributed by atoms with Crippen LogP contribution in [-0.2, 0) is 4.74 Å². The van der Waals surface area contributed by atoms with Crippen LogP contribution in [0.2, 0.25) is 0 Å². The summed E-state index contributed by atoms with van der Waals surface area (Å²) < 4.78 is 11.5. The van der Waals surface area contributed by atoms with E-state index in [1.807, 2.05) is 49.4 Å². The number of nitrogens with zero attached hydrogens (tertiary/aromatic N) is 7. The zero-order chi connectivity index (χ0) is 24.8. The first-order chi connectivity index (χ1) is 17.5. The minimum Gasteiger partial charge on any atom is -0.394 e. The van der Waals surface area contributed by atoms with E-state index in [-0.39, 0.29) is 6.61 Å². The second-order valence-electron chi connectivity index (χ2n) is 8.65. The van der Waals surface area contributed by atoms with Crippen LogP contribution in [0.25, 0.3) is 27.2 Å². The van der Waals surface area contributed by atoms with Gasteiger partial charge in [-0.3, -0.25) is 0 Å². The number of hydrogen-bond acceptors (Lipinski definition) is 9. The number of ether oxygens (including phenoxy) is 1. The fourth-order valence-corrected chi connectivity index (χ4v) is 5.68. The van der Waals surface area contributed by atoms with Crippen LogP contribution in [-0.4, -0.2) is 63.8 Å². The Morgan fingerprint density at radius 2 is 2.03 bits per heavy atom. The maximum Gasteiger partial charge on any atom is 0.161 e. The first-order valence-electron chi connectivity index (χ1n) is 11.4. The molecule has 0 saturated carbocycles. The van der Waals surface area contributed by atoms with Crippen LogP contribution < -0.4 is 0 Å². The van der Waals surface area contributed by atoms with Gasteiger partial charge in [-0.25, -0.2) is 19.3 Å². The van der Waals surface area contributed by atoms with Gasteiger partial charge in [-0.1, -0.05) is 33.3 Å². The van der Waals surface area contributed by atoms with E-state index in [1.165, 1.54) is 6.33 Å². The molecule has 184 valence electrons. The Hall–Kier alpha value is -3.03. The van der Waals surface area contributed by atoms with Crippen LogP contribution >= 0.6 is 27.3 Å². The molecule has 4 atom stereocenters. The van der Waals surface area contributed by atoms with Crippen molar-refractivity contribution in [2.75, 3.05) is 6.61 Å². The molecule has 0 radical (unpaired) electrons. The van der Waals surface area contributed by atoms with Gasteiger partial charge in [0.05, 0.1) is 39.8 Å². The Bertz CT molecular complexity index is 1520. The number of thiazole rings is 1. The standard InChI is InChI=1S/C24H22BrN7O3S/c1-13-28-17-7-6-16(8-22(17)36-13)32-24(26-12-27-32)20-9-19(23(34)21(11-33)35-20)31-10-18(29-30-31)14-2-4-15(25)5-3-14/h2-8,10,12,19-21,23,33-34H,9,11H2,1H3. The molecule has 4 unspecified atom stereocenters. The fraction of sp³-hybridized carbons (Fsp3) is 0.292. The summed E-state index contributed by atoms with van der Waals surface area (Å²) in [4.78, 5) is 9.01. The van der Waals surface area contributed by atoms with Crippen molar-refractivity contribution in [1.82, 2.24) is 34.7 Å². The molecule has 2 N–H and O–H groups in total. The fourth-order valence-electron chi connectivity index (χ4n) is 4.56. The number of aromatic nitrogens is 7. The Morgan fingerprint density at radius 3 is 2.83 bits per heavy atom. The number of aliphatic hydroxyl groups is 2. The molecule has 5 aromatic rings. The molecular weight excluding hydrogens is 546 g/mol. The molecule has 0 aliphatic carbocycles. The van der Waals surface area contributed by atoms with Crippen molar-refractivity contribution in [3.63, 3.8) is 0 Å². The molecule has 1 saturated heterocycles. The number of aliphatic hydroxyl groups excluding tert-OH is 2. The quantitative estimate of drug-likeness (QED) is 0.330. The van der Waals surface area contributed by atoms with E-state index < -0.39 is 24.4 Å². The number of hydrogen-bond donors (Lipinski definition) is 2. The van der Waals surface area contributed by atoms with Crippen molar-refractivity contribution in [3.05, 3.63) is 70.3 Å². The van der Waals surface area contributed by atoms with Crippen molar-refractivity contribution in [2.45, 2.75) is 37.7 Å². The Morgan fingerprint density at radius 1 is 1.19 bits per heavy atom. The number of aryl methyl sites for hydroxylation is 1. The van der Waals surface area contributed by atoms with Crippen molar-refractivity contribution >= 4 is 37.5 Å². The summed E-state index contributed by atoms with van der Waals surface area (Å²) >= 11 is 5.06. The largest absolute Gasteiger partial charge is 0.394 e. The van der Waals surface area contributed by atoms with Gasteiger partial charge in [0.15, 0.2) is 5.82 Å². The predicted octanol–water partition coefficient (Wildman–Crippen LogP) is 3.63. The third-order valence-corrected chi connectivity index (χ3v) is 7.79. The van der Waals surface area contributed by atoms with Gasteiger partial charge < -0.3 is 14.9 Å². The molecule has 2 aromatic carbocycles. The third kappa shape index (κ3) is 4.24. The van der Waals surface area contributed by atoms with E-state index in [4.69, 9.17) is 4.74 Å². The zero-order valence-corrected chi connectivity index (χ0v) is 21.5. The van der Waals surface area contributed by atoms with Crippen LogP contribution in [0, 0.1) is 6.92 Å². The highest BCUT2D eigenvalue weighted by molar-refractivity contribution is 9.10. The van der Waals surface area contributed by atoms with Gasteiger partial charge in [-0.2, -0.15) is 5.10 Å². The van der Waals surface area contributed by atoms with Crippen molar-refractivity contribution < 1.29 is 14.9 Å². The van der Waals surface area contributed by atoms with E-state index in [9.17, 15) is 10.2 Å². The van der Waals surface area contributed by atoms with Crippen molar-refractivity contribution in [2.24, 2.45) is 0 Å². The lowest BCUT2D eigenvalue weighted by molar-refractivity contribution is -0.161. The molecule has 1 aliphatic rings. The first kappa shape index (κ1) is 23.4. The summed E-state index contributed by atoms with van der Waals surface area (Å²) in [7, 11) is 0. The van der Waals surface area contributed by atoms with E-state index in [2.05, 4.69) is 41.3 Å². The minimum atomic E-state index is -0.974. The average molecular weight is 568 g/mol. The number of benzene rings is 2. The average Bonchev–Trinajstić information content (AvgIpc) is 3.63. The van der Waals surface area contributed by atoms with Gasteiger partial charge in [0.1, 0.15) is 30.3 Å². The Labute approximate surface area is 218 Å². The smallest absolute Gasteiger partial charge is 0.161 e. The molecule has 0 amide bonds. The number of rotatable bonds is 5. The Kier molecular flexibility index (Phi) is 6.13. The molecule has 36 heavy (non-hydrogen) atoms. The molecule has 10 nitrogen and oxygen atoms in total. The van der Waals surface area contributed by atoms with Gasteiger partial charge >= 0.3 is 0 Å². The molecule has 12 heteroatoms. The van der Waals surface area contributed by atoms with Crippen LogP contribution in [0.15, 0.2) is 59.5 Å². The number of fused-ring (bicyclic) bond motifs is 1. The van der Waals surface area contributed by atoms with Gasteiger partial charge in [-0.15, -0.1) is 16.4 Å². The molecule has 1 aliphatic heterocycles. The molecule has 0 spiro atoms. The summed E-state index contributed by atoms with van der Waals surface area (Å²) in [5.74, 6) is 0.583.